The van der Waals surface area contributed by atoms with Crippen LogP contribution in [-0.2, 0) is 11.2 Å². The molecule has 0 spiro atoms. The standard InChI is InChI=1S/C27H25ClN2O2/c1-4-32-26-16-20(9-10-22(26)15-21-12-18(2)11-19(3)13-21)14-23(17-29)27(31)30-25-8-6-5-7-24(25)28/h5-14,16H,4,15H2,1-3H3,(H,30,31)/b23-14+. The average Bonchev–Trinajstić information content (AvgIpc) is 2.74. The van der Waals surface area contributed by atoms with E-state index in [2.05, 4.69) is 37.4 Å². The summed E-state index contributed by atoms with van der Waals surface area (Å²) >= 11 is 6.10. The van der Waals surface area contributed by atoms with Gasteiger partial charge in [-0.3, -0.25) is 4.79 Å². The number of aryl methyl sites for hydroxylation is 2. The number of nitriles is 1. The van der Waals surface area contributed by atoms with Crippen LogP contribution in [0.15, 0.2) is 66.2 Å². The molecule has 0 atom stereocenters. The molecule has 0 saturated heterocycles. The van der Waals surface area contributed by atoms with E-state index >= 15 is 0 Å². The number of carbonyl (C=O) groups is 1. The Morgan fingerprint density at radius 3 is 2.47 bits per heavy atom. The molecule has 1 N–H and O–H groups in total. The summed E-state index contributed by atoms with van der Waals surface area (Å²) in [5, 5.41) is 12.6. The number of anilines is 1. The molecule has 0 fully saturated rings. The summed E-state index contributed by atoms with van der Waals surface area (Å²) < 4.78 is 5.87. The first-order chi connectivity index (χ1) is 15.4. The van der Waals surface area contributed by atoms with Crippen molar-refractivity contribution in [2.75, 3.05) is 11.9 Å². The Morgan fingerprint density at radius 2 is 1.81 bits per heavy atom. The molecule has 162 valence electrons. The van der Waals surface area contributed by atoms with Crippen LogP contribution in [0.1, 0.15) is 34.7 Å². The summed E-state index contributed by atoms with van der Waals surface area (Å²) in [6.07, 6.45) is 2.29. The van der Waals surface area contributed by atoms with Crippen LogP contribution in [-0.4, -0.2) is 12.5 Å². The van der Waals surface area contributed by atoms with Gasteiger partial charge in [0.15, 0.2) is 0 Å². The third-order valence-electron chi connectivity index (χ3n) is 4.87. The van der Waals surface area contributed by atoms with Crippen molar-refractivity contribution in [3.63, 3.8) is 0 Å². The maximum absolute atomic E-state index is 12.6. The molecule has 0 aromatic heterocycles. The fraction of sp³-hybridized carbons (Fsp3) is 0.185. The van der Waals surface area contributed by atoms with Gasteiger partial charge < -0.3 is 10.1 Å². The smallest absolute Gasteiger partial charge is 0.266 e. The number of rotatable bonds is 7. The zero-order valence-corrected chi connectivity index (χ0v) is 19.2. The summed E-state index contributed by atoms with van der Waals surface area (Å²) in [6.45, 7) is 6.63. The van der Waals surface area contributed by atoms with Crippen LogP contribution in [0.4, 0.5) is 5.69 Å². The largest absolute Gasteiger partial charge is 0.494 e. The lowest BCUT2D eigenvalue weighted by molar-refractivity contribution is -0.112. The fourth-order valence-electron chi connectivity index (χ4n) is 3.56. The van der Waals surface area contributed by atoms with Crippen LogP contribution < -0.4 is 10.1 Å². The van der Waals surface area contributed by atoms with Gasteiger partial charge in [0.1, 0.15) is 17.4 Å². The molecule has 3 rings (SSSR count). The van der Waals surface area contributed by atoms with Gasteiger partial charge in [0.05, 0.1) is 17.3 Å². The molecule has 3 aromatic rings. The zero-order chi connectivity index (χ0) is 23.1. The van der Waals surface area contributed by atoms with Crippen molar-refractivity contribution >= 4 is 29.3 Å². The lowest BCUT2D eigenvalue weighted by Crippen LogP contribution is -2.13. The van der Waals surface area contributed by atoms with E-state index in [1.165, 1.54) is 16.7 Å². The lowest BCUT2D eigenvalue weighted by Gasteiger charge is -2.13. The molecule has 0 aliphatic heterocycles. The maximum atomic E-state index is 12.6. The molecule has 1 amide bonds. The summed E-state index contributed by atoms with van der Waals surface area (Å²) in [4.78, 5) is 12.6. The number of hydrogen-bond donors (Lipinski definition) is 1. The second-order valence-electron chi connectivity index (χ2n) is 7.58. The summed E-state index contributed by atoms with van der Waals surface area (Å²) in [6, 6.07) is 21.1. The first-order valence-corrected chi connectivity index (χ1v) is 10.8. The van der Waals surface area contributed by atoms with Crippen molar-refractivity contribution in [3.8, 4) is 11.8 Å². The second-order valence-corrected chi connectivity index (χ2v) is 7.98. The van der Waals surface area contributed by atoms with Gasteiger partial charge in [0, 0.05) is 6.42 Å². The molecule has 3 aromatic carbocycles. The minimum Gasteiger partial charge on any atom is -0.494 e. The van der Waals surface area contributed by atoms with E-state index in [9.17, 15) is 10.1 Å². The van der Waals surface area contributed by atoms with Gasteiger partial charge in [-0.05, 0) is 61.7 Å². The number of amides is 1. The van der Waals surface area contributed by atoms with E-state index in [4.69, 9.17) is 16.3 Å². The highest BCUT2D eigenvalue weighted by atomic mass is 35.5. The van der Waals surface area contributed by atoms with E-state index in [1.807, 2.05) is 31.2 Å². The van der Waals surface area contributed by atoms with E-state index < -0.39 is 5.91 Å². The molecule has 0 bridgehead atoms. The van der Waals surface area contributed by atoms with Crippen molar-refractivity contribution in [2.45, 2.75) is 27.2 Å². The Bertz CT molecular complexity index is 1190. The van der Waals surface area contributed by atoms with Crippen LogP contribution in [0, 0.1) is 25.2 Å². The topological polar surface area (TPSA) is 62.1 Å². The number of carbonyl (C=O) groups excluding carboxylic acids is 1. The van der Waals surface area contributed by atoms with Gasteiger partial charge in [-0.1, -0.05) is 65.2 Å². The summed E-state index contributed by atoms with van der Waals surface area (Å²) in [7, 11) is 0. The number of nitrogens with one attached hydrogen (secondary N) is 1. The van der Waals surface area contributed by atoms with Crippen molar-refractivity contribution in [3.05, 3.63) is 99.1 Å². The average molecular weight is 445 g/mol. The monoisotopic (exact) mass is 444 g/mol. The van der Waals surface area contributed by atoms with Gasteiger partial charge in [-0.25, -0.2) is 0 Å². The van der Waals surface area contributed by atoms with Gasteiger partial charge >= 0.3 is 0 Å². The van der Waals surface area contributed by atoms with Crippen molar-refractivity contribution < 1.29 is 9.53 Å². The molecule has 0 heterocycles. The van der Waals surface area contributed by atoms with Crippen LogP contribution in [0.25, 0.3) is 6.08 Å². The minimum atomic E-state index is -0.516. The van der Waals surface area contributed by atoms with Crippen LogP contribution in [0.3, 0.4) is 0 Å². The highest BCUT2D eigenvalue weighted by Gasteiger charge is 2.13. The van der Waals surface area contributed by atoms with E-state index in [-0.39, 0.29) is 5.57 Å². The lowest BCUT2D eigenvalue weighted by atomic mass is 9.98. The molecule has 5 heteroatoms. The molecular weight excluding hydrogens is 420 g/mol. The first-order valence-electron chi connectivity index (χ1n) is 10.4. The highest BCUT2D eigenvalue weighted by molar-refractivity contribution is 6.34. The summed E-state index contributed by atoms with van der Waals surface area (Å²) in [5.74, 6) is 0.224. The molecule has 0 aliphatic rings. The number of para-hydroxylation sites is 1. The Morgan fingerprint density at radius 1 is 1.09 bits per heavy atom. The van der Waals surface area contributed by atoms with Gasteiger partial charge in [-0.15, -0.1) is 0 Å². The number of nitrogens with zero attached hydrogens (tertiary/aromatic N) is 1. The first kappa shape index (κ1) is 23.1. The number of hydrogen-bond acceptors (Lipinski definition) is 3. The van der Waals surface area contributed by atoms with Crippen molar-refractivity contribution in [2.24, 2.45) is 0 Å². The summed E-state index contributed by atoms with van der Waals surface area (Å²) in [5.41, 5.74) is 5.86. The molecule has 0 aliphatic carbocycles. The Balaban J connectivity index is 1.87. The highest BCUT2D eigenvalue weighted by Crippen LogP contribution is 2.26. The van der Waals surface area contributed by atoms with E-state index in [0.29, 0.717) is 22.9 Å². The number of ether oxygens (including phenoxy) is 1. The molecule has 0 unspecified atom stereocenters. The Kier molecular flexibility index (Phi) is 7.70. The van der Waals surface area contributed by atoms with Crippen LogP contribution >= 0.6 is 11.6 Å². The van der Waals surface area contributed by atoms with Crippen molar-refractivity contribution in [1.82, 2.24) is 0 Å². The van der Waals surface area contributed by atoms with E-state index in [0.717, 1.165) is 17.7 Å². The van der Waals surface area contributed by atoms with Crippen molar-refractivity contribution in [1.29, 1.82) is 5.26 Å². The Labute approximate surface area is 194 Å². The predicted molar refractivity (Wildman–Crippen MR) is 130 cm³/mol. The second kappa shape index (κ2) is 10.7. The van der Waals surface area contributed by atoms with Crippen LogP contribution in [0.2, 0.25) is 5.02 Å². The van der Waals surface area contributed by atoms with Gasteiger partial charge in [0.25, 0.3) is 5.91 Å². The van der Waals surface area contributed by atoms with Crippen LogP contribution in [0.5, 0.6) is 5.75 Å². The minimum absolute atomic E-state index is 0.0190. The Hall–Kier alpha value is -3.55. The van der Waals surface area contributed by atoms with Gasteiger partial charge in [-0.2, -0.15) is 5.26 Å². The molecule has 4 nitrogen and oxygen atoms in total. The normalized spacial score (nSPS) is 11.0. The molecular formula is C27H25ClN2O2. The van der Waals surface area contributed by atoms with Gasteiger partial charge in [0.2, 0.25) is 0 Å². The van der Waals surface area contributed by atoms with E-state index in [1.54, 1.807) is 30.3 Å². The molecule has 0 saturated carbocycles. The number of benzene rings is 3. The molecule has 0 radical (unpaired) electrons. The third-order valence-corrected chi connectivity index (χ3v) is 5.19. The molecule has 32 heavy (non-hydrogen) atoms. The number of halogens is 1. The maximum Gasteiger partial charge on any atom is 0.266 e. The fourth-order valence-corrected chi connectivity index (χ4v) is 3.74. The third kappa shape index (κ3) is 6.00. The quantitative estimate of drug-likeness (QED) is 0.334. The zero-order valence-electron chi connectivity index (χ0n) is 18.4. The SMILES string of the molecule is CCOc1cc(/C=C(\C#N)C(=O)Nc2ccccc2Cl)ccc1Cc1cc(C)cc(C)c1. The predicted octanol–water partition coefficient (Wildman–Crippen LogP) is 6.49.